The van der Waals surface area contributed by atoms with Crippen molar-refractivity contribution in [1.29, 1.82) is 0 Å². The number of halogens is 2. The average Bonchev–Trinajstić information content (AvgIpc) is 2.99. The summed E-state index contributed by atoms with van der Waals surface area (Å²) < 4.78 is 7.42. The molecule has 4 rings (SSSR count). The Bertz CT molecular complexity index is 1040. The first kappa shape index (κ1) is 22.6. The molecule has 1 spiro atoms. The third-order valence-corrected chi connectivity index (χ3v) is 7.73. The normalized spacial score (nSPS) is 23.2. The van der Waals surface area contributed by atoms with E-state index in [9.17, 15) is 4.79 Å². The van der Waals surface area contributed by atoms with Crippen molar-refractivity contribution in [2.75, 3.05) is 24.6 Å². The Morgan fingerprint density at radius 1 is 1.26 bits per heavy atom. The quantitative estimate of drug-likeness (QED) is 0.732. The highest BCUT2D eigenvalue weighted by Crippen LogP contribution is 2.42. The molecule has 2 aliphatic rings. The molecule has 8 heteroatoms. The molecule has 0 unspecified atom stereocenters. The van der Waals surface area contributed by atoms with Gasteiger partial charge in [0, 0.05) is 24.5 Å². The number of benzene rings is 1. The zero-order chi connectivity index (χ0) is 22.5. The second-order valence-corrected chi connectivity index (χ2v) is 9.94. The molecule has 2 aromatic rings. The summed E-state index contributed by atoms with van der Waals surface area (Å²) in [6.07, 6.45) is 1.95. The standard InChI is InChI=1S/C23H30Cl2N4O2/c1-13(2)18-21(28-10-8-23(9-11-28)12-31-14(3)20(23)26)27-15(4)29(22(18)30)17-7-5-6-16(24)19(17)25/h5-7,13-14,20H,8-12,26H2,1-4H3/t14-,20+/m1/s1. The van der Waals surface area contributed by atoms with Gasteiger partial charge in [-0.3, -0.25) is 9.36 Å². The van der Waals surface area contributed by atoms with Crippen LogP contribution in [-0.2, 0) is 4.74 Å². The summed E-state index contributed by atoms with van der Waals surface area (Å²) >= 11 is 12.6. The fraction of sp³-hybridized carbons (Fsp3) is 0.565. The van der Waals surface area contributed by atoms with E-state index in [1.807, 2.05) is 27.7 Å². The number of aromatic nitrogens is 2. The number of anilines is 1. The zero-order valence-corrected chi connectivity index (χ0v) is 20.0. The maximum atomic E-state index is 13.7. The summed E-state index contributed by atoms with van der Waals surface area (Å²) in [5, 5.41) is 0.759. The van der Waals surface area contributed by atoms with E-state index in [-0.39, 0.29) is 29.0 Å². The highest BCUT2D eigenvalue weighted by Gasteiger charge is 2.48. The average molecular weight is 465 g/mol. The van der Waals surface area contributed by atoms with Gasteiger partial charge in [0.15, 0.2) is 0 Å². The predicted molar refractivity (Wildman–Crippen MR) is 126 cm³/mol. The Morgan fingerprint density at radius 2 is 1.94 bits per heavy atom. The number of ether oxygens (including phenoxy) is 1. The van der Waals surface area contributed by atoms with Crippen molar-refractivity contribution in [3.63, 3.8) is 0 Å². The minimum absolute atomic E-state index is 0.00721. The van der Waals surface area contributed by atoms with Crippen LogP contribution in [0, 0.1) is 12.3 Å². The topological polar surface area (TPSA) is 73.4 Å². The monoisotopic (exact) mass is 464 g/mol. The number of aryl methyl sites for hydroxylation is 1. The maximum Gasteiger partial charge on any atom is 0.263 e. The van der Waals surface area contributed by atoms with Gasteiger partial charge in [-0.05, 0) is 44.7 Å². The molecule has 31 heavy (non-hydrogen) atoms. The van der Waals surface area contributed by atoms with Gasteiger partial charge in [0.25, 0.3) is 5.56 Å². The van der Waals surface area contributed by atoms with E-state index in [1.54, 1.807) is 22.8 Å². The lowest BCUT2D eigenvalue weighted by Gasteiger charge is -2.42. The molecule has 0 radical (unpaired) electrons. The van der Waals surface area contributed by atoms with Gasteiger partial charge in [0.2, 0.25) is 0 Å². The van der Waals surface area contributed by atoms with Crippen LogP contribution in [0.5, 0.6) is 0 Å². The van der Waals surface area contributed by atoms with Crippen molar-refractivity contribution in [1.82, 2.24) is 9.55 Å². The van der Waals surface area contributed by atoms with Crippen molar-refractivity contribution in [2.45, 2.75) is 58.6 Å². The second-order valence-electron chi connectivity index (χ2n) is 9.16. The highest BCUT2D eigenvalue weighted by atomic mass is 35.5. The van der Waals surface area contributed by atoms with Crippen LogP contribution in [0.2, 0.25) is 10.0 Å². The first-order valence-corrected chi connectivity index (χ1v) is 11.6. The van der Waals surface area contributed by atoms with Crippen molar-refractivity contribution in [2.24, 2.45) is 11.1 Å². The number of rotatable bonds is 3. The van der Waals surface area contributed by atoms with Crippen LogP contribution in [0.25, 0.3) is 5.69 Å². The molecule has 3 heterocycles. The molecule has 2 aliphatic heterocycles. The van der Waals surface area contributed by atoms with E-state index in [0.717, 1.165) is 31.7 Å². The fourth-order valence-corrected chi connectivity index (χ4v) is 5.34. The van der Waals surface area contributed by atoms with Crippen LogP contribution < -0.4 is 16.2 Å². The summed E-state index contributed by atoms with van der Waals surface area (Å²) in [4.78, 5) is 20.8. The minimum Gasteiger partial charge on any atom is -0.376 e. The van der Waals surface area contributed by atoms with Gasteiger partial charge in [-0.2, -0.15) is 0 Å². The molecule has 0 saturated carbocycles. The fourth-order valence-electron chi connectivity index (χ4n) is 4.96. The molecule has 2 N–H and O–H groups in total. The summed E-state index contributed by atoms with van der Waals surface area (Å²) in [7, 11) is 0. The van der Waals surface area contributed by atoms with Crippen LogP contribution in [0.3, 0.4) is 0 Å². The van der Waals surface area contributed by atoms with Gasteiger partial charge in [0.1, 0.15) is 11.6 Å². The molecule has 1 aromatic heterocycles. The molecular formula is C23H30Cl2N4O2. The Labute approximate surface area is 193 Å². The lowest BCUT2D eigenvalue weighted by atomic mass is 9.73. The van der Waals surface area contributed by atoms with E-state index >= 15 is 0 Å². The number of nitrogens with two attached hydrogens (primary N) is 1. The van der Waals surface area contributed by atoms with E-state index in [2.05, 4.69) is 4.90 Å². The lowest BCUT2D eigenvalue weighted by Crippen LogP contribution is -2.51. The SMILES string of the molecule is Cc1nc(N2CCC3(CC2)CO[C@H](C)[C@@H]3N)c(C(C)C)c(=O)n1-c1cccc(Cl)c1Cl. The largest absolute Gasteiger partial charge is 0.376 e. The second kappa shape index (κ2) is 8.39. The summed E-state index contributed by atoms with van der Waals surface area (Å²) in [5.74, 6) is 1.36. The van der Waals surface area contributed by atoms with E-state index in [0.29, 0.717) is 33.7 Å². The third-order valence-electron chi connectivity index (χ3n) is 6.92. The van der Waals surface area contributed by atoms with Crippen LogP contribution >= 0.6 is 23.2 Å². The molecule has 0 amide bonds. The molecule has 2 saturated heterocycles. The van der Waals surface area contributed by atoms with Crippen molar-refractivity contribution >= 4 is 29.0 Å². The Kier molecular flexibility index (Phi) is 6.12. The molecular weight excluding hydrogens is 435 g/mol. The van der Waals surface area contributed by atoms with Gasteiger partial charge in [-0.1, -0.05) is 43.1 Å². The van der Waals surface area contributed by atoms with Crippen LogP contribution in [0.1, 0.15) is 50.9 Å². The molecule has 0 bridgehead atoms. The Morgan fingerprint density at radius 3 is 2.52 bits per heavy atom. The third kappa shape index (κ3) is 3.78. The van der Waals surface area contributed by atoms with Crippen LogP contribution in [0.15, 0.2) is 23.0 Å². The van der Waals surface area contributed by atoms with Crippen molar-refractivity contribution < 1.29 is 4.74 Å². The molecule has 1 aromatic carbocycles. The van der Waals surface area contributed by atoms with Gasteiger partial charge in [-0.15, -0.1) is 0 Å². The van der Waals surface area contributed by atoms with Gasteiger partial charge < -0.3 is 15.4 Å². The first-order valence-electron chi connectivity index (χ1n) is 10.9. The van der Waals surface area contributed by atoms with E-state index in [4.69, 9.17) is 38.7 Å². The minimum atomic E-state index is -0.100. The highest BCUT2D eigenvalue weighted by molar-refractivity contribution is 6.43. The summed E-state index contributed by atoms with van der Waals surface area (Å²) in [6, 6.07) is 5.34. The molecule has 0 aliphatic carbocycles. The first-order chi connectivity index (χ1) is 14.7. The molecule has 2 atom stereocenters. The number of piperidine rings is 1. The van der Waals surface area contributed by atoms with E-state index in [1.165, 1.54) is 0 Å². The Balaban J connectivity index is 1.73. The lowest BCUT2D eigenvalue weighted by molar-refractivity contribution is 0.0974. The predicted octanol–water partition coefficient (Wildman–Crippen LogP) is 4.30. The number of nitrogens with zero attached hydrogens (tertiary/aromatic N) is 3. The van der Waals surface area contributed by atoms with Gasteiger partial charge in [0.05, 0.1) is 34.0 Å². The van der Waals surface area contributed by atoms with Crippen molar-refractivity contribution in [3.05, 3.63) is 50.0 Å². The van der Waals surface area contributed by atoms with Crippen LogP contribution in [-0.4, -0.2) is 41.4 Å². The summed E-state index contributed by atoms with van der Waals surface area (Å²) in [5.41, 5.74) is 7.64. The van der Waals surface area contributed by atoms with Crippen molar-refractivity contribution in [3.8, 4) is 5.69 Å². The number of hydrogen-bond acceptors (Lipinski definition) is 5. The molecule has 2 fully saturated rings. The zero-order valence-electron chi connectivity index (χ0n) is 18.5. The van der Waals surface area contributed by atoms with Crippen LogP contribution in [0.4, 0.5) is 5.82 Å². The molecule has 168 valence electrons. The smallest absolute Gasteiger partial charge is 0.263 e. The van der Waals surface area contributed by atoms with Gasteiger partial charge in [-0.25, -0.2) is 4.98 Å². The maximum absolute atomic E-state index is 13.7. The number of hydrogen-bond donors (Lipinski definition) is 1. The Hall–Kier alpha value is -1.60. The summed E-state index contributed by atoms with van der Waals surface area (Å²) in [6.45, 7) is 10.2. The van der Waals surface area contributed by atoms with E-state index < -0.39 is 0 Å². The molecule has 6 nitrogen and oxygen atoms in total. The van der Waals surface area contributed by atoms with Gasteiger partial charge >= 0.3 is 0 Å².